The van der Waals surface area contributed by atoms with Crippen LogP contribution in [0.5, 0.6) is 0 Å². The Balaban J connectivity index is 1.52. The molecule has 7 nitrogen and oxygen atoms in total. The first-order valence-corrected chi connectivity index (χ1v) is 7.28. The molecule has 22 heavy (non-hydrogen) atoms. The van der Waals surface area contributed by atoms with Gasteiger partial charge in [0.05, 0.1) is 24.6 Å². The normalized spacial score (nSPS) is 17.5. The molecule has 0 spiro atoms. The number of ether oxygens (including phenoxy) is 2. The first kappa shape index (κ1) is 14.7. The molecular weight excluding hydrogens is 284 g/mol. The zero-order valence-corrected chi connectivity index (χ0v) is 12.1. The zero-order valence-electron chi connectivity index (χ0n) is 12.1. The Hall–Kier alpha value is -2.25. The third-order valence-electron chi connectivity index (χ3n) is 3.38. The lowest BCUT2D eigenvalue weighted by molar-refractivity contribution is -0.121. The van der Waals surface area contributed by atoms with Gasteiger partial charge in [-0.05, 0) is 25.0 Å². The highest BCUT2D eigenvalue weighted by molar-refractivity contribution is 5.90. The van der Waals surface area contributed by atoms with Gasteiger partial charge in [0.15, 0.2) is 5.82 Å². The van der Waals surface area contributed by atoms with E-state index in [9.17, 15) is 4.79 Å². The van der Waals surface area contributed by atoms with E-state index >= 15 is 0 Å². The number of nitrogens with one attached hydrogen (secondary N) is 1. The Kier molecular flexibility index (Phi) is 4.77. The number of anilines is 1. The molecule has 1 aliphatic rings. The lowest BCUT2D eigenvalue weighted by Gasteiger charge is -2.10. The van der Waals surface area contributed by atoms with Crippen molar-refractivity contribution in [1.82, 2.24) is 15.0 Å². The summed E-state index contributed by atoms with van der Waals surface area (Å²) in [7, 11) is 0. The van der Waals surface area contributed by atoms with Crippen LogP contribution in [-0.4, -0.2) is 46.8 Å². The molecule has 116 valence electrons. The molecule has 0 unspecified atom stereocenters. The minimum Gasteiger partial charge on any atom is -0.376 e. The first-order valence-electron chi connectivity index (χ1n) is 7.28. The topological polar surface area (TPSA) is 78.3 Å². The Morgan fingerprint density at radius 3 is 3.05 bits per heavy atom. The van der Waals surface area contributed by atoms with Gasteiger partial charge in [0, 0.05) is 6.61 Å². The predicted molar refractivity (Wildman–Crippen MR) is 79.8 cm³/mol. The van der Waals surface area contributed by atoms with E-state index in [1.54, 1.807) is 4.68 Å². The molecule has 1 N–H and O–H groups in total. The molecule has 1 atom stereocenters. The molecule has 1 fully saturated rings. The molecule has 1 aromatic carbocycles. The summed E-state index contributed by atoms with van der Waals surface area (Å²) in [5.41, 5.74) is 0.829. The van der Waals surface area contributed by atoms with E-state index in [0.29, 0.717) is 12.4 Å². The van der Waals surface area contributed by atoms with E-state index in [0.717, 1.165) is 25.1 Å². The number of carbonyl (C=O) groups excluding carboxylic acids is 1. The second kappa shape index (κ2) is 7.15. The van der Waals surface area contributed by atoms with Crippen LogP contribution in [-0.2, 0) is 14.3 Å². The van der Waals surface area contributed by atoms with Crippen LogP contribution in [0.15, 0.2) is 36.5 Å². The summed E-state index contributed by atoms with van der Waals surface area (Å²) in [5, 5.41) is 10.6. The van der Waals surface area contributed by atoms with Crippen molar-refractivity contribution in [2.75, 3.05) is 25.1 Å². The van der Waals surface area contributed by atoms with Gasteiger partial charge in [-0.1, -0.05) is 23.4 Å². The molecule has 0 radical (unpaired) electrons. The molecule has 1 aliphatic heterocycles. The van der Waals surface area contributed by atoms with Crippen molar-refractivity contribution in [1.29, 1.82) is 0 Å². The fourth-order valence-corrected chi connectivity index (χ4v) is 2.32. The maximum Gasteiger partial charge on any atom is 0.251 e. The minimum absolute atomic E-state index is 0.0141. The Morgan fingerprint density at radius 2 is 2.27 bits per heavy atom. The number of rotatable bonds is 6. The van der Waals surface area contributed by atoms with Crippen molar-refractivity contribution < 1.29 is 14.3 Å². The van der Waals surface area contributed by atoms with Gasteiger partial charge in [0.1, 0.15) is 6.61 Å². The number of carbonyl (C=O) groups is 1. The van der Waals surface area contributed by atoms with Gasteiger partial charge in [-0.2, -0.15) is 4.68 Å². The summed E-state index contributed by atoms with van der Waals surface area (Å²) >= 11 is 0. The molecule has 1 saturated heterocycles. The molecule has 0 saturated carbocycles. The maximum atomic E-state index is 11.9. The molecule has 1 amide bonds. The van der Waals surface area contributed by atoms with E-state index in [2.05, 4.69) is 15.6 Å². The molecule has 1 aromatic heterocycles. The Morgan fingerprint density at radius 1 is 1.41 bits per heavy atom. The highest BCUT2D eigenvalue weighted by atomic mass is 16.5. The number of hydrogen-bond donors (Lipinski definition) is 1. The lowest BCUT2D eigenvalue weighted by atomic mass is 10.2. The van der Waals surface area contributed by atoms with Crippen LogP contribution in [0.2, 0.25) is 0 Å². The highest BCUT2D eigenvalue weighted by Gasteiger charge is 2.16. The van der Waals surface area contributed by atoms with Gasteiger partial charge in [0.2, 0.25) is 0 Å². The van der Waals surface area contributed by atoms with E-state index in [1.807, 2.05) is 30.3 Å². The van der Waals surface area contributed by atoms with Gasteiger partial charge in [-0.15, -0.1) is 5.10 Å². The van der Waals surface area contributed by atoms with Crippen LogP contribution in [0.25, 0.3) is 5.69 Å². The standard InChI is InChI=1S/C15H18N4O3/c20-15(11-21-10-13-7-4-8-22-13)17-14-9-16-18-19(14)12-5-2-1-3-6-12/h1-3,5-6,9,13H,4,7-8,10-11H2,(H,17,20)/t13-/m1/s1. The van der Waals surface area contributed by atoms with Crippen molar-refractivity contribution in [3.05, 3.63) is 36.5 Å². The van der Waals surface area contributed by atoms with E-state index in [-0.39, 0.29) is 18.6 Å². The fourth-order valence-electron chi connectivity index (χ4n) is 2.32. The van der Waals surface area contributed by atoms with Gasteiger partial charge >= 0.3 is 0 Å². The smallest absolute Gasteiger partial charge is 0.251 e. The van der Waals surface area contributed by atoms with E-state index < -0.39 is 0 Å². The Labute approximate surface area is 128 Å². The van der Waals surface area contributed by atoms with Crippen molar-refractivity contribution in [2.45, 2.75) is 18.9 Å². The average molecular weight is 302 g/mol. The number of amides is 1. The van der Waals surface area contributed by atoms with Crippen molar-refractivity contribution in [3.63, 3.8) is 0 Å². The predicted octanol–water partition coefficient (Wildman–Crippen LogP) is 1.40. The fraction of sp³-hybridized carbons (Fsp3) is 0.400. The first-order chi connectivity index (χ1) is 10.8. The monoisotopic (exact) mass is 302 g/mol. The minimum atomic E-state index is -0.238. The van der Waals surface area contributed by atoms with Crippen LogP contribution in [0.4, 0.5) is 5.82 Å². The number of nitrogens with zero attached hydrogens (tertiary/aromatic N) is 3. The van der Waals surface area contributed by atoms with Crippen LogP contribution in [0, 0.1) is 0 Å². The molecule has 2 heterocycles. The second-order valence-electron chi connectivity index (χ2n) is 5.06. The third kappa shape index (κ3) is 3.69. The van der Waals surface area contributed by atoms with Crippen molar-refractivity contribution >= 4 is 11.7 Å². The molecule has 0 bridgehead atoms. The SMILES string of the molecule is O=C(COC[C@H]1CCCO1)Nc1cnnn1-c1ccccc1. The number of aromatic nitrogens is 3. The quantitative estimate of drug-likeness (QED) is 0.872. The molecule has 7 heteroatoms. The van der Waals surface area contributed by atoms with Gasteiger partial charge in [-0.25, -0.2) is 0 Å². The molecule has 3 rings (SSSR count). The average Bonchev–Trinajstić information content (AvgIpc) is 3.20. The lowest BCUT2D eigenvalue weighted by Crippen LogP contribution is -2.23. The van der Waals surface area contributed by atoms with Gasteiger partial charge in [0.25, 0.3) is 5.91 Å². The Bertz CT molecular complexity index is 608. The largest absolute Gasteiger partial charge is 0.376 e. The van der Waals surface area contributed by atoms with Crippen molar-refractivity contribution in [2.24, 2.45) is 0 Å². The summed E-state index contributed by atoms with van der Waals surface area (Å²) < 4.78 is 12.4. The van der Waals surface area contributed by atoms with Crippen molar-refractivity contribution in [3.8, 4) is 5.69 Å². The highest BCUT2D eigenvalue weighted by Crippen LogP contribution is 2.13. The van der Waals surface area contributed by atoms with Crippen LogP contribution in [0.1, 0.15) is 12.8 Å². The van der Waals surface area contributed by atoms with Gasteiger partial charge in [-0.3, -0.25) is 4.79 Å². The summed E-state index contributed by atoms with van der Waals surface area (Å²) in [6, 6.07) is 9.48. The van der Waals surface area contributed by atoms with E-state index in [4.69, 9.17) is 9.47 Å². The number of benzene rings is 1. The van der Waals surface area contributed by atoms with Crippen LogP contribution < -0.4 is 5.32 Å². The molecular formula is C15H18N4O3. The molecule has 2 aromatic rings. The zero-order chi connectivity index (χ0) is 15.2. The summed E-state index contributed by atoms with van der Waals surface area (Å²) in [6.07, 6.45) is 3.67. The molecule has 0 aliphatic carbocycles. The van der Waals surface area contributed by atoms with E-state index in [1.165, 1.54) is 6.20 Å². The summed E-state index contributed by atoms with van der Waals surface area (Å²) in [5.74, 6) is 0.273. The summed E-state index contributed by atoms with van der Waals surface area (Å²) in [6.45, 7) is 1.21. The second-order valence-corrected chi connectivity index (χ2v) is 5.06. The van der Waals surface area contributed by atoms with Crippen LogP contribution >= 0.6 is 0 Å². The third-order valence-corrected chi connectivity index (χ3v) is 3.38. The number of para-hydroxylation sites is 1. The summed E-state index contributed by atoms with van der Waals surface area (Å²) in [4.78, 5) is 11.9. The number of hydrogen-bond acceptors (Lipinski definition) is 5. The maximum absolute atomic E-state index is 11.9. The van der Waals surface area contributed by atoms with Crippen LogP contribution in [0.3, 0.4) is 0 Å². The van der Waals surface area contributed by atoms with Gasteiger partial charge < -0.3 is 14.8 Å².